The van der Waals surface area contributed by atoms with E-state index < -0.39 is 47.9 Å². The first kappa shape index (κ1) is 27.8. The number of fused-ring (bicyclic) bond motifs is 1. The van der Waals surface area contributed by atoms with Crippen LogP contribution in [-0.2, 0) is 25.6 Å². The zero-order valence-electron chi connectivity index (χ0n) is 19.6. The number of aliphatic carboxylic acids is 1. The Balaban J connectivity index is 2.16. The van der Waals surface area contributed by atoms with Gasteiger partial charge in [0.25, 0.3) is 0 Å². The van der Waals surface area contributed by atoms with Gasteiger partial charge in [-0.25, -0.2) is 4.79 Å². The van der Waals surface area contributed by atoms with Gasteiger partial charge in [0.15, 0.2) is 0 Å². The Morgan fingerprint density at radius 1 is 1.00 bits per heavy atom. The van der Waals surface area contributed by atoms with Gasteiger partial charge < -0.3 is 42.6 Å². The van der Waals surface area contributed by atoms with E-state index in [-0.39, 0.29) is 19.4 Å². The molecule has 2 rings (SSSR count). The van der Waals surface area contributed by atoms with Gasteiger partial charge in [0.05, 0.1) is 12.6 Å². The van der Waals surface area contributed by atoms with E-state index in [0.717, 1.165) is 16.5 Å². The van der Waals surface area contributed by atoms with Gasteiger partial charge in [0.2, 0.25) is 17.7 Å². The van der Waals surface area contributed by atoms with Crippen LogP contribution in [0.4, 0.5) is 0 Å². The molecule has 12 nitrogen and oxygen atoms in total. The number of benzene rings is 1. The highest BCUT2D eigenvalue weighted by Crippen LogP contribution is 2.19. The summed E-state index contributed by atoms with van der Waals surface area (Å²) >= 11 is 0. The van der Waals surface area contributed by atoms with E-state index in [2.05, 4.69) is 20.9 Å². The summed E-state index contributed by atoms with van der Waals surface area (Å²) in [5.41, 5.74) is 12.4. The summed E-state index contributed by atoms with van der Waals surface area (Å²) in [4.78, 5) is 52.4. The molecule has 1 aromatic heterocycles. The Hall–Kier alpha value is -3.48. The highest BCUT2D eigenvalue weighted by molar-refractivity contribution is 5.94. The van der Waals surface area contributed by atoms with Crippen LogP contribution in [0.1, 0.15) is 31.7 Å². The third-order valence-electron chi connectivity index (χ3n) is 5.56. The molecule has 0 fully saturated rings. The summed E-state index contributed by atoms with van der Waals surface area (Å²) in [6.07, 6.45) is 1.72. The molecule has 2 aromatic rings. The van der Waals surface area contributed by atoms with Crippen LogP contribution in [0, 0.1) is 0 Å². The van der Waals surface area contributed by atoms with Crippen LogP contribution in [0.3, 0.4) is 0 Å². The average Bonchev–Trinajstić information content (AvgIpc) is 3.23. The molecule has 4 atom stereocenters. The lowest BCUT2D eigenvalue weighted by atomic mass is 10.0. The first-order valence-electron chi connectivity index (χ1n) is 11.4. The first-order chi connectivity index (χ1) is 16.7. The first-order valence-corrected chi connectivity index (χ1v) is 11.4. The lowest BCUT2D eigenvalue weighted by molar-refractivity contribution is -0.142. The number of carbonyl (C=O) groups is 4. The van der Waals surface area contributed by atoms with Crippen LogP contribution in [0.5, 0.6) is 0 Å². The molecule has 0 radical (unpaired) electrons. The number of nitrogens with one attached hydrogen (secondary N) is 4. The van der Waals surface area contributed by atoms with Crippen LogP contribution >= 0.6 is 0 Å². The Bertz CT molecular complexity index is 1020. The second-order valence-electron chi connectivity index (χ2n) is 8.30. The number of hydrogen-bond acceptors (Lipinski definition) is 7. The van der Waals surface area contributed by atoms with Crippen LogP contribution < -0.4 is 27.4 Å². The fourth-order valence-electron chi connectivity index (χ4n) is 3.65. The molecule has 3 amide bonds. The molecule has 12 heteroatoms. The predicted octanol–water partition coefficient (Wildman–Crippen LogP) is -1.28. The molecule has 4 unspecified atom stereocenters. The smallest absolute Gasteiger partial charge is 0.326 e. The molecule has 35 heavy (non-hydrogen) atoms. The average molecular weight is 491 g/mol. The van der Waals surface area contributed by atoms with Crippen molar-refractivity contribution in [3.05, 3.63) is 36.0 Å². The standard InChI is InChI=1S/C23H34N6O6/c1-13(30)20(29-19(31)11-25)22(33)27-17(8-4-5-9-24)21(32)28-18(23(34)35)10-14-12-26-16-7-3-2-6-15(14)16/h2-3,6-7,12-13,17-18,20,26,30H,4-5,8-11,24-25H2,1H3,(H,27,33)(H,28,32)(H,29,31)(H,34,35). The van der Waals surface area contributed by atoms with Crippen molar-refractivity contribution in [2.45, 2.75) is 56.8 Å². The van der Waals surface area contributed by atoms with Crippen LogP contribution in [0.2, 0.25) is 0 Å². The van der Waals surface area contributed by atoms with Crippen molar-refractivity contribution in [3.63, 3.8) is 0 Å². The Labute approximate surface area is 202 Å². The molecule has 0 aliphatic heterocycles. The summed E-state index contributed by atoms with van der Waals surface area (Å²) in [6.45, 7) is 1.31. The number of aliphatic hydroxyl groups is 1. The van der Waals surface area contributed by atoms with E-state index in [4.69, 9.17) is 11.5 Å². The number of amides is 3. The lowest BCUT2D eigenvalue weighted by Gasteiger charge is -2.25. The molecular formula is C23H34N6O6. The Morgan fingerprint density at radius 3 is 2.31 bits per heavy atom. The summed E-state index contributed by atoms with van der Waals surface area (Å²) < 4.78 is 0. The van der Waals surface area contributed by atoms with E-state index in [9.17, 15) is 29.4 Å². The molecule has 0 spiro atoms. The van der Waals surface area contributed by atoms with E-state index in [0.29, 0.717) is 19.4 Å². The van der Waals surface area contributed by atoms with Crippen molar-refractivity contribution in [3.8, 4) is 0 Å². The molecule has 0 aliphatic carbocycles. The van der Waals surface area contributed by atoms with Crippen molar-refractivity contribution >= 4 is 34.6 Å². The number of aliphatic hydroxyl groups excluding tert-OH is 1. The fourth-order valence-corrected chi connectivity index (χ4v) is 3.65. The fraction of sp³-hybridized carbons (Fsp3) is 0.478. The quantitative estimate of drug-likeness (QED) is 0.149. The zero-order valence-corrected chi connectivity index (χ0v) is 19.6. The maximum absolute atomic E-state index is 13.1. The number of carbonyl (C=O) groups excluding carboxylic acids is 3. The molecular weight excluding hydrogens is 456 g/mol. The minimum absolute atomic E-state index is 0.0252. The van der Waals surface area contributed by atoms with Gasteiger partial charge >= 0.3 is 5.97 Å². The van der Waals surface area contributed by atoms with Crippen molar-refractivity contribution in [1.82, 2.24) is 20.9 Å². The third kappa shape index (κ3) is 8.05. The predicted molar refractivity (Wildman–Crippen MR) is 129 cm³/mol. The van der Waals surface area contributed by atoms with Crippen LogP contribution in [0.25, 0.3) is 10.9 Å². The number of H-pyrrole nitrogens is 1. The summed E-state index contributed by atoms with van der Waals surface area (Å²) in [5.74, 6) is -3.37. The SMILES string of the molecule is CC(O)C(NC(=O)CN)C(=O)NC(CCCCN)C(=O)NC(Cc1c[nH]c2ccccc12)C(=O)O. The molecule has 0 aliphatic rings. The van der Waals surface area contributed by atoms with E-state index in [1.807, 2.05) is 24.3 Å². The second-order valence-corrected chi connectivity index (χ2v) is 8.30. The summed E-state index contributed by atoms with van der Waals surface area (Å²) in [7, 11) is 0. The van der Waals surface area contributed by atoms with Crippen LogP contribution in [-0.4, -0.2) is 76.2 Å². The van der Waals surface area contributed by atoms with Crippen molar-refractivity contribution in [2.75, 3.05) is 13.1 Å². The summed E-state index contributed by atoms with van der Waals surface area (Å²) in [5, 5.41) is 27.8. The zero-order chi connectivity index (χ0) is 26.0. The Morgan fingerprint density at radius 2 is 1.69 bits per heavy atom. The topological polar surface area (TPSA) is 213 Å². The summed E-state index contributed by atoms with van der Waals surface area (Å²) in [6, 6.07) is 3.71. The van der Waals surface area contributed by atoms with Gasteiger partial charge in [-0.15, -0.1) is 0 Å². The van der Waals surface area contributed by atoms with Gasteiger partial charge in [-0.2, -0.15) is 0 Å². The number of carboxylic acid groups (broad SMARTS) is 1. The lowest BCUT2D eigenvalue weighted by Crippen LogP contribution is -2.58. The molecule has 0 saturated carbocycles. The molecule has 0 saturated heterocycles. The van der Waals surface area contributed by atoms with E-state index in [1.54, 1.807) is 6.20 Å². The normalized spacial score (nSPS) is 14.5. The maximum Gasteiger partial charge on any atom is 0.326 e. The number of para-hydroxylation sites is 1. The maximum atomic E-state index is 13.1. The largest absolute Gasteiger partial charge is 0.480 e. The highest BCUT2D eigenvalue weighted by Gasteiger charge is 2.31. The number of rotatable bonds is 14. The monoisotopic (exact) mass is 490 g/mol. The number of aromatic amines is 1. The van der Waals surface area contributed by atoms with Crippen molar-refractivity contribution < 1.29 is 29.4 Å². The molecule has 1 aromatic carbocycles. The molecule has 192 valence electrons. The van der Waals surface area contributed by atoms with Crippen molar-refractivity contribution in [1.29, 1.82) is 0 Å². The molecule has 0 bridgehead atoms. The van der Waals surface area contributed by atoms with Gasteiger partial charge in [-0.1, -0.05) is 18.2 Å². The van der Waals surface area contributed by atoms with Crippen LogP contribution in [0.15, 0.2) is 30.5 Å². The van der Waals surface area contributed by atoms with E-state index >= 15 is 0 Å². The number of unbranched alkanes of at least 4 members (excludes halogenated alkanes) is 1. The van der Waals surface area contributed by atoms with Gasteiger partial charge in [0.1, 0.15) is 18.1 Å². The number of nitrogens with two attached hydrogens (primary N) is 2. The number of hydrogen-bond donors (Lipinski definition) is 8. The minimum atomic E-state index is -1.34. The van der Waals surface area contributed by atoms with E-state index in [1.165, 1.54) is 6.92 Å². The van der Waals surface area contributed by atoms with Gasteiger partial charge in [-0.05, 0) is 44.4 Å². The van der Waals surface area contributed by atoms with Gasteiger partial charge in [0, 0.05) is 23.5 Å². The van der Waals surface area contributed by atoms with Gasteiger partial charge in [-0.3, -0.25) is 14.4 Å². The molecule has 10 N–H and O–H groups in total. The highest BCUT2D eigenvalue weighted by atomic mass is 16.4. The minimum Gasteiger partial charge on any atom is -0.480 e. The van der Waals surface area contributed by atoms with Crippen molar-refractivity contribution in [2.24, 2.45) is 11.5 Å². The third-order valence-corrected chi connectivity index (χ3v) is 5.56. The Kier molecular flexibility index (Phi) is 10.6. The molecule has 1 heterocycles. The number of carboxylic acids is 1. The second kappa shape index (κ2) is 13.4. The number of aromatic nitrogens is 1.